The van der Waals surface area contributed by atoms with Crippen molar-refractivity contribution in [3.63, 3.8) is 0 Å². The molecule has 5 heteroatoms. The van der Waals surface area contributed by atoms with Crippen molar-refractivity contribution in [1.29, 1.82) is 0 Å². The highest BCUT2D eigenvalue weighted by molar-refractivity contribution is 7.22. The third-order valence-electron chi connectivity index (χ3n) is 2.33. The Kier molecular flexibility index (Phi) is 4.17. The minimum absolute atomic E-state index is 0.686. The second-order valence-corrected chi connectivity index (χ2v) is 4.68. The second kappa shape index (κ2) is 5.84. The van der Waals surface area contributed by atoms with E-state index in [0.717, 1.165) is 34.1 Å². The zero-order valence-electron chi connectivity index (χ0n) is 9.90. The van der Waals surface area contributed by atoms with Gasteiger partial charge >= 0.3 is 0 Å². The van der Waals surface area contributed by atoms with Crippen LogP contribution >= 0.6 is 11.3 Å². The lowest BCUT2D eigenvalue weighted by molar-refractivity contribution is 0.341. The van der Waals surface area contributed by atoms with Crippen LogP contribution in [0.1, 0.15) is 13.3 Å². The number of rotatable bonds is 6. The molecular formula is C12H17N3OS. The lowest BCUT2D eigenvalue weighted by atomic mass is 10.3. The maximum absolute atomic E-state index is 5.46. The van der Waals surface area contributed by atoms with Crippen LogP contribution in [0.3, 0.4) is 0 Å². The zero-order valence-corrected chi connectivity index (χ0v) is 10.7. The van der Waals surface area contributed by atoms with Crippen LogP contribution in [-0.2, 0) is 0 Å². The van der Waals surface area contributed by atoms with Gasteiger partial charge in [0.25, 0.3) is 0 Å². The van der Waals surface area contributed by atoms with Crippen LogP contribution in [-0.4, -0.2) is 24.7 Å². The molecule has 0 aliphatic carbocycles. The van der Waals surface area contributed by atoms with Crippen molar-refractivity contribution in [2.45, 2.75) is 13.3 Å². The van der Waals surface area contributed by atoms with Crippen LogP contribution in [0.15, 0.2) is 18.2 Å². The first-order valence-corrected chi connectivity index (χ1v) is 6.62. The van der Waals surface area contributed by atoms with Crippen LogP contribution in [0.25, 0.3) is 10.2 Å². The topological polar surface area (TPSA) is 60.2 Å². The summed E-state index contributed by atoms with van der Waals surface area (Å²) in [6, 6.07) is 5.98. The first-order valence-electron chi connectivity index (χ1n) is 5.81. The van der Waals surface area contributed by atoms with Crippen LogP contribution in [0.4, 0.5) is 5.13 Å². The van der Waals surface area contributed by atoms with Gasteiger partial charge < -0.3 is 15.8 Å². The highest BCUT2D eigenvalue weighted by atomic mass is 32.1. The molecule has 0 amide bonds. The SMILES string of the molecule is CCOc1ccc2nc(NCCCN)sc2c1. The number of ether oxygens (including phenoxy) is 1. The Balaban J connectivity index is 2.12. The number of hydrogen-bond donors (Lipinski definition) is 2. The number of anilines is 1. The molecule has 0 bridgehead atoms. The molecule has 2 aromatic rings. The molecule has 3 N–H and O–H groups in total. The largest absolute Gasteiger partial charge is 0.494 e. The minimum Gasteiger partial charge on any atom is -0.494 e. The molecule has 0 spiro atoms. The molecule has 1 aromatic heterocycles. The molecule has 0 radical (unpaired) electrons. The third-order valence-corrected chi connectivity index (χ3v) is 3.30. The average molecular weight is 251 g/mol. The second-order valence-electron chi connectivity index (χ2n) is 3.65. The highest BCUT2D eigenvalue weighted by Crippen LogP contribution is 2.29. The molecule has 92 valence electrons. The molecule has 0 aliphatic heterocycles. The van der Waals surface area contributed by atoms with Crippen molar-refractivity contribution in [1.82, 2.24) is 4.98 Å². The van der Waals surface area contributed by atoms with Crippen LogP contribution < -0.4 is 15.8 Å². The van der Waals surface area contributed by atoms with Gasteiger partial charge in [0.05, 0.1) is 16.8 Å². The van der Waals surface area contributed by atoms with E-state index in [4.69, 9.17) is 10.5 Å². The summed E-state index contributed by atoms with van der Waals surface area (Å²) in [5.41, 5.74) is 6.46. The molecule has 2 rings (SSSR count). The number of nitrogens with zero attached hydrogens (tertiary/aromatic N) is 1. The molecule has 4 nitrogen and oxygen atoms in total. The molecule has 0 fully saturated rings. The van der Waals surface area contributed by atoms with Gasteiger partial charge in [0.1, 0.15) is 5.75 Å². The van der Waals surface area contributed by atoms with Crippen molar-refractivity contribution in [3.8, 4) is 5.75 Å². The maximum Gasteiger partial charge on any atom is 0.183 e. The van der Waals surface area contributed by atoms with Crippen molar-refractivity contribution in [3.05, 3.63) is 18.2 Å². The smallest absolute Gasteiger partial charge is 0.183 e. The average Bonchev–Trinajstić information content (AvgIpc) is 2.72. The normalized spacial score (nSPS) is 10.7. The van der Waals surface area contributed by atoms with Crippen LogP contribution in [0, 0.1) is 0 Å². The Morgan fingerprint density at radius 3 is 3.12 bits per heavy atom. The Morgan fingerprint density at radius 2 is 2.35 bits per heavy atom. The van der Waals surface area contributed by atoms with Crippen molar-refractivity contribution < 1.29 is 4.74 Å². The summed E-state index contributed by atoms with van der Waals surface area (Å²) in [4.78, 5) is 4.50. The maximum atomic E-state index is 5.46. The van der Waals surface area contributed by atoms with E-state index in [1.165, 1.54) is 0 Å². The lowest BCUT2D eigenvalue weighted by Gasteiger charge is -2.00. The van der Waals surface area contributed by atoms with E-state index in [-0.39, 0.29) is 0 Å². The molecular weight excluding hydrogens is 234 g/mol. The summed E-state index contributed by atoms with van der Waals surface area (Å²) in [5.74, 6) is 0.900. The van der Waals surface area contributed by atoms with Gasteiger partial charge in [0.15, 0.2) is 5.13 Å². The van der Waals surface area contributed by atoms with Crippen molar-refractivity contribution >= 4 is 26.7 Å². The van der Waals surface area contributed by atoms with E-state index in [1.807, 2.05) is 25.1 Å². The van der Waals surface area contributed by atoms with Gasteiger partial charge in [-0.25, -0.2) is 4.98 Å². The number of thiazole rings is 1. The third kappa shape index (κ3) is 3.08. The number of benzene rings is 1. The first kappa shape index (κ1) is 12.1. The standard InChI is InChI=1S/C12H17N3OS/c1-2-16-9-4-5-10-11(8-9)17-12(15-10)14-7-3-6-13/h4-5,8H,2-3,6-7,13H2,1H3,(H,14,15). The number of nitrogens with two attached hydrogens (primary N) is 1. The lowest BCUT2D eigenvalue weighted by Crippen LogP contribution is -2.07. The monoisotopic (exact) mass is 251 g/mol. The number of nitrogens with one attached hydrogen (secondary N) is 1. The predicted molar refractivity (Wildman–Crippen MR) is 73.0 cm³/mol. The zero-order chi connectivity index (χ0) is 12.1. The fourth-order valence-corrected chi connectivity index (χ4v) is 2.45. The summed E-state index contributed by atoms with van der Waals surface area (Å²) >= 11 is 1.64. The quantitative estimate of drug-likeness (QED) is 0.774. The van der Waals surface area contributed by atoms with Gasteiger partial charge in [0, 0.05) is 6.54 Å². The van der Waals surface area contributed by atoms with Gasteiger partial charge in [-0.2, -0.15) is 0 Å². The van der Waals surface area contributed by atoms with Gasteiger partial charge in [-0.05, 0) is 38.1 Å². The summed E-state index contributed by atoms with van der Waals surface area (Å²) in [5, 5.41) is 4.22. The molecule has 0 atom stereocenters. The number of aromatic nitrogens is 1. The van der Waals surface area contributed by atoms with E-state index in [1.54, 1.807) is 11.3 Å². The molecule has 0 unspecified atom stereocenters. The number of fused-ring (bicyclic) bond motifs is 1. The minimum atomic E-state index is 0.686. The van der Waals surface area contributed by atoms with Gasteiger partial charge in [0.2, 0.25) is 0 Å². The first-order chi connectivity index (χ1) is 8.33. The predicted octanol–water partition coefficient (Wildman–Crippen LogP) is 2.46. The van der Waals surface area contributed by atoms with Crippen LogP contribution in [0.2, 0.25) is 0 Å². The van der Waals surface area contributed by atoms with Crippen LogP contribution in [0.5, 0.6) is 5.75 Å². The van der Waals surface area contributed by atoms with Crippen molar-refractivity contribution in [2.24, 2.45) is 5.73 Å². The molecule has 0 saturated heterocycles. The Bertz CT molecular complexity index is 484. The molecule has 0 saturated carbocycles. The summed E-state index contributed by atoms with van der Waals surface area (Å²) in [6.07, 6.45) is 0.958. The molecule has 1 heterocycles. The Morgan fingerprint density at radius 1 is 1.47 bits per heavy atom. The molecule has 0 aliphatic rings. The molecule has 1 aromatic carbocycles. The van der Waals surface area contributed by atoms with E-state index in [9.17, 15) is 0 Å². The summed E-state index contributed by atoms with van der Waals surface area (Å²) in [6.45, 7) is 4.24. The van der Waals surface area contributed by atoms with E-state index in [2.05, 4.69) is 10.3 Å². The number of hydrogen-bond acceptors (Lipinski definition) is 5. The van der Waals surface area contributed by atoms with E-state index >= 15 is 0 Å². The fraction of sp³-hybridized carbons (Fsp3) is 0.417. The van der Waals surface area contributed by atoms with Gasteiger partial charge in [-0.1, -0.05) is 11.3 Å². The Labute approximate surface area is 105 Å². The summed E-state index contributed by atoms with van der Waals surface area (Å²) < 4.78 is 6.61. The summed E-state index contributed by atoms with van der Waals surface area (Å²) in [7, 11) is 0. The molecule has 17 heavy (non-hydrogen) atoms. The highest BCUT2D eigenvalue weighted by Gasteiger charge is 2.04. The van der Waals surface area contributed by atoms with Crippen molar-refractivity contribution in [2.75, 3.05) is 25.0 Å². The Hall–Kier alpha value is -1.33. The fourth-order valence-electron chi connectivity index (χ4n) is 1.53. The van der Waals surface area contributed by atoms with Gasteiger partial charge in [-0.3, -0.25) is 0 Å². The van der Waals surface area contributed by atoms with E-state index < -0.39 is 0 Å². The van der Waals surface area contributed by atoms with E-state index in [0.29, 0.717) is 13.2 Å². The van der Waals surface area contributed by atoms with Gasteiger partial charge in [-0.15, -0.1) is 0 Å².